The Morgan fingerprint density at radius 1 is 0.643 bits per heavy atom. The van der Waals surface area contributed by atoms with Crippen molar-refractivity contribution in [2.45, 2.75) is 33.0 Å². The standard InChI is InChI=1S/C17H18O5.C17H20O3/c1-21-13-6-2-10(3-7-13)9-22-17(20)15-12-5-4-11(8-12)14(15)16(18)19;1-11-13-5-6-14(9-13)16(11)17(18)20-10-12-3-7-15(19-2)8-4-12/h2-7,11-12,14-15H,8-9H2,1H3,(H,18,19);3-8,11,13-14,16H,9-10H2,1-2H3/t11?,12?,14-,15+;11-,13?,14?,16-/m11/s1. The third-order valence-corrected chi connectivity index (χ3v) is 9.22. The lowest BCUT2D eigenvalue weighted by molar-refractivity contribution is -0.159. The Kier molecular flexibility index (Phi) is 9.00. The molecular formula is C34H38O8. The Balaban J connectivity index is 0.000000169. The zero-order valence-corrected chi connectivity index (χ0v) is 24.2. The van der Waals surface area contributed by atoms with Crippen molar-refractivity contribution in [3.05, 3.63) is 84.0 Å². The molecule has 0 aromatic heterocycles. The maximum atomic E-state index is 12.3. The first kappa shape index (κ1) is 29.4. The summed E-state index contributed by atoms with van der Waals surface area (Å²) >= 11 is 0. The number of allylic oxidation sites excluding steroid dienone is 4. The largest absolute Gasteiger partial charge is 0.497 e. The molecule has 2 saturated carbocycles. The van der Waals surface area contributed by atoms with Crippen LogP contribution in [0.15, 0.2) is 72.8 Å². The molecule has 8 atom stereocenters. The highest BCUT2D eigenvalue weighted by atomic mass is 16.5. The Hall–Kier alpha value is -4.07. The smallest absolute Gasteiger partial charge is 0.310 e. The fourth-order valence-electron chi connectivity index (χ4n) is 6.88. The van der Waals surface area contributed by atoms with Gasteiger partial charge in [-0.25, -0.2) is 0 Å². The van der Waals surface area contributed by atoms with E-state index in [4.69, 9.17) is 18.9 Å². The van der Waals surface area contributed by atoms with Crippen molar-refractivity contribution >= 4 is 17.9 Å². The van der Waals surface area contributed by atoms with Crippen LogP contribution in [-0.4, -0.2) is 37.2 Å². The number of ether oxygens (including phenoxy) is 4. The first-order valence-corrected chi connectivity index (χ1v) is 14.5. The number of esters is 2. The summed E-state index contributed by atoms with van der Waals surface area (Å²) in [5.74, 6) is 0.313. The number of hydrogen-bond acceptors (Lipinski definition) is 7. The van der Waals surface area contributed by atoms with E-state index >= 15 is 0 Å². The van der Waals surface area contributed by atoms with E-state index in [1.807, 2.05) is 48.6 Å². The maximum absolute atomic E-state index is 12.3. The molecule has 0 heterocycles. The summed E-state index contributed by atoms with van der Waals surface area (Å²) in [6.07, 6.45) is 10.1. The molecule has 0 amide bonds. The first-order chi connectivity index (χ1) is 20.3. The summed E-state index contributed by atoms with van der Waals surface area (Å²) in [6.45, 7) is 2.65. The number of carbonyl (C=O) groups is 3. The molecule has 8 heteroatoms. The third-order valence-electron chi connectivity index (χ3n) is 9.22. The van der Waals surface area contributed by atoms with Gasteiger partial charge in [-0.2, -0.15) is 0 Å². The van der Waals surface area contributed by atoms with Crippen molar-refractivity contribution in [2.75, 3.05) is 14.2 Å². The predicted octanol–water partition coefficient (Wildman–Crippen LogP) is 5.46. The summed E-state index contributed by atoms with van der Waals surface area (Å²) in [5, 5.41) is 9.34. The van der Waals surface area contributed by atoms with Gasteiger partial charge >= 0.3 is 17.9 Å². The van der Waals surface area contributed by atoms with E-state index in [1.54, 1.807) is 26.4 Å². The minimum Gasteiger partial charge on any atom is -0.497 e. The lowest BCUT2D eigenvalue weighted by Crippen LogP contribution is -2.34. The van der Waals surface area contributed by atoms with Gasteiger partial charge < -0.3 is 24.1 Å². The zero-order valence-electron chi connectivity index (χ0n) is 24.2. The van der Waals surface area contributed by atoms with Crippen LogP contribution in [0.5, 0.6) is 11.5 Å². The molecule has 0 aliphatic heterocycles. The molecule has 2 fully saturated rings. The number of carboxylic acid groups (broad SMARTS) is 1. The van der Waals surface area contributed by atoms with Crippen LogP contribution in [0.1, 0.15) is 30.9 Å². The lowest BCUT2D eigenvalue weighted by Gasteiger charge is -2.23. The molecule has 1 N–H and O–H groups in total. The molecule has 222 valence electrons. The monoisotopic (exact) mass is 574 g/mol. The summed E-state index contributed by atoms with van der Waals surface area (Å²) in [5.41, 5.74) is 1.84. The second kappa shape index (κ2) is 12.8. The molecule has 6 rings (SSSR count). The highest BCUT2D eigenvalue weighted by Crippen LogP contribution is 2.49. The average Bonchev–Trinajstić information content (AvgIpc) is 3.81. The SMILES string of the molecule is COc1ccc(COC(=O)[C@H]2C3C=CC(C3)[C@H]2C(=O)O)cc1.COc1ccc(COC(=O)[C@H]2C3C=CC(C3)[C@H]2C)cc1. The fourth-order valence-corrected chi connectivity index (χ4v) is 6.88. The van der Waals surface area contributed by atoms with Crippen molar-refractivity contribution in [2.24, 2.45) is 47.3 Å². The molecule has 8 nitrogen and oxygen atoms in total. The molecule has 0 spiro atoms. The first-order valence-electron chi connectivity index (χ1n) is 14.5. The van der Waals surface area contributed by atoms with E-state index in [9.17, 15) is 19.5 Å². The van der Waals surface area contributed by atoms with Crippen molar-refractivity contribution < 1.29 is 38.4 Å². The molecule has 4 aliphatic carbocycles. The number of methoxy groups -OCH3 is 2. The summed E-state index contributed by atoms with van der Waals surface area (Å²) in [6, 6.07) is 14.8. The van der Waals surface area contributed by atoms with Crippen LogP contribution in [0.25, 0.3) is 0 Å². The number of fused-ring (bicyclic) bond motifs is 4. The second-order valence-electron chi connectivity index (χ2n) is 11.6. The molecule has 2 aromatic rings. The molecule has 0 radical (unpaired) electrons. The third kappa shape index (κ3) is 6.22. The summed E-state index contributed by atoms with van der Waals surface area (Å²) in [7, 11) is 3.22. The normalized spacial score (nSPS) is 29.5. The van der Waals surface area contributed by atoms with Crippen LogP contribution < -0.4 is 9.47 Å². The van der Waals surface area contributed by atoms with Crippen molar-refractivity contribution in [3.8, 4) is 11.5 Å². The van der Waals surface area contributed by atoms with Gasteiger partial charge in [0.15, 0.2) is 0 Å². The summed E-state index contributed by atoms with van der Waals surface area (Å²) < 4.78 is 21.0. The van der Waals surface area contributed by atoms with Crippen molar-refractivity contribution in [3.63, 3.8) is 0 Å². The van der Waals surface area contributed by atoms with E-state index < -0.39 is 23.8 Å². The summed E-state index contributed by atoms with van der Waals surface area (Å²) in [4.78, 5) is 36.0. The second-order valence-corrected chi connectivity index (χ2v) is 11.6. The molecule has 0 saturated heterocycles. The van der Waals surface area contributed by atoms with Crippen LogP contribution in [-0.2, 0) is 37.1 Å². The zero-order chi connectivity index (χ0) is 29.8. The van der Waals surface area contributed by atoms with Gasteiger partial charge in [-0.1, -0.05) is 55.5 Å². The molecule has 2 aromatic carbocycles. The Labute approximate surface area is 246 Å². The van der Waals surface area contributed by atoms with E-state index in [0.29, 0.717) is 24.4 Å². The number of benzene rings is 2. The van der Waals surface area contributed by atoms with Crippen LogP contribution in [0.3, 0.4) is 0 Å². The molecular weight excluding hydrogens is 536 g/mol. The number of hydrogen-bond donors (Lipinski definition) is 1. The molecule has 4 bridgehead atoms. The Morgan fingerprint density at radius 3 is 1.48 bits per heavy atom. The minimum absolute atomic E-state index is 0.00512. The number of carboxylic acids is 1. The van der Waals surface area contributed by atoms with Crippen LogP contribution >= 0.6 is 0 Å². The average molecular weight is 575 g/mol. The van der Waals surface area contributed by atoms with E-state index in [-0.39, 0.29) is 30.3 Å². The van der Waals surface area contributed by atoms with Gasteiger partial charge in [-0.3, -0.25) is 14.4 Å². The molecule has 42 heavy (non-hydrogen) atoms. The van der Waals surface area contributed by atoms with Crippen molar-refractivity contribution in [1.82, 2.24) is 0 Å². The van der Waals surface area contributed by atoms with E-state index in [1.165, 1.54) is 0 Å². The Bertz CT molecular complexity index is 1330. The highest BCUT2D eigenvalue weighted by molar-refractivity contribution is 5.83. The number of rotatable bonds is 9. The maximum Gasteiger partial charge on any atom is 0.310 e. The van der Waals surface area contributed by atoms with Gasteiger partial charge in [-0.05, 0) is 77.8 Å². The van der Waals surface area contributed by atoms with Gasteiger partial charge in [0.25, 0.3) is 0 Å². The van der Waals surface area contributed by atoms with Gasteiger partial charge in [0.1, 0.15) is 24.7 Å². The van der Waals surface area contributed by atoms with Gasteiger partial charge in [0.05, 0.1) is 32.0 Å². The number of aliphatic carboxylic acids is 1. The Morgan fingerprint density at radius 2 is 1.05 bits per heavy atom. The molecule has 4 aliphatic rings. The van der Waals surface area contributed by atoms with Crippen molar-refractivity contribution in [1.29, 1.82) is 0 Å². The van der Waals surface area contributed by atoms with Crippen LogP contribution in [0.2, 0.25) is 0 Å². The molecule has 4 unspecified atom stereocenters. The topological polar surface area (TPSA) is 108 Å². The van der Waals surface area contributed by atoms with Gasteiger partial charge in [-0.15, -0.1) is 0 Å². The van der Waals surface area contributed by atoms with E-state index in [0.717, 1.165) is 35.5 Å². The quantitative estimate of drug-likeness (QED) is 0.311. The highest BCUT2D eigenvalue weighted by Gasteiger charge is 2.52. The van der Waals surface area contributed by atoms with E-state index in [2.05, 4.69) is 19.1 Å². The van der Waals surface area contributed by atoms with Crippen LogP contribution in [0, 0.1) is 47.3 Å². The number of carbonyl (C=O) groups excluding carboxylic acids is 2. The van der Waals surface area contributed by atoms with Crippen LogP contribution in [0.4, 0.5) is 0 Å². The minimum atomic E-state index is -0.914. The predicted molar refractivity (Wildman–Crippen MR) is 154 cm³/mol. The lowest BCUT2D eigenvalue weighted by atomic mass is 9.83. The fraction of sp³-hybridized carbons (Fsp3) is 0.441. The van der Waals surface area contributed by atoms with Gasteiger partial charge in [0, 0.05) is 0 Å². The van der Waals surface area contributed by atoms with Gasteiger partial charge in [0.2, 0.25) is 0 Å².